The summed E-state index contributed by atoms with van der Waals surface area (Å²) in [4.78, 5) is 46.3. The van der Waals surface area contributed by atoms with Gasteiger partial charge in [-0.25, -0.2) is 8.42 Å². The second-order valence-corrected chi connectivity index (χ2v) is 12.4. The van der Waals surface area contributed by atoms with E-state index in [1.807, 2.05) is 12.1 Å². The summed E-state index contributed by atoms with van der Waals surface area (Å²) in [5.41, 5.74) is 1.39. The van der Waals surface area contributed by atoms with Crippen molar-refractivity contribution in [2.75, 3.05) is 13.1 Å². The summed E-state index contributed by atoms with van der Waals surface area (Å²) in [5.74, 6) is -1.47. The van der Waals surface area contributed by atoms with Crippen LogP contribution in [0.15, 0.2) is 90.2 Å². The predicted molar refractivity (Wildman–Crippen MR) is 153 cm³/mol. The van der Waals surface area contributed by atoms with Gasteiger partial charge in [-0.2, -0.15) is 9.04 Å². The lowest BCUT2D eigenvalue weighted by atomic mass is 10.0. The van der Waals surface area contributed by atoms with Gasteiger partial charge < -0.3 is 20.5 Å². The largest absolute Gasteiger partial charge is 0.619 e. The minimum absolute atomic E-state index is 0.0404. The van der Waals surface area contributed by atoms with Crippen molar-refractivity contribution in [1.82, 2.24) is 19.5 Å². The number of fused-ring (bicyclic) bond motifs is 2. The number of sulfonamides is 1. The monoisotopic (exact) mass is 601 g/mol. The van der Waals surface area contributed by atoms with Crippen LogP contribution >= 0.6 is 0 Å². The van der Waals surface area contributed by atoms with Gasteiger partial charge in [0.05, 0.1) is 23.7 Å². The molecule has 2 amide bonds. The van der Waals surface area contributed by atoms with Crippen LogP contribution < -0.4 is 10.0 Å². The zero-order valence-corrected chi connectivity index (χ0v) is 23.6. The molecule has 2 saturated heterocycles. The molecule has 3 unspecified atom stereocenters. The Balaban J connectivity index is 1.29. The number of ketones is 1. The van der Waals surface area contributed by atoms with Crippen LogP contribution in [-0.4, -0.2) is 76.5 Å². The molecule has 6 rings (SSSR count). The van der Waals surface area contributed by atoms with Crippen LogP contribution in [0.5, 0.6) is 5.75 Å². The molecule has 2 N–H and O–H groups in total. The van der Waals surface area contributed by atoms with Gasteiger partial charge in [0.15, 0.2) is 18.2 Å². The molecule has 2 fully saturated rings. The lowest BCUT2D eigenvalue weighted by Crippen LogP contribution is -2.53. The fraction of sp³-hybridized carbons (Fsp3) is 0.233. The minimum Gasteiger partial charge on any atom is -0.619 e. The van der Waals surface area contributed by atoms with Gasteiger partial charge in [-0.05, 0) is 42.3 Å². The number of para-hydroxylation sites is 1. The first-order valence-electron chi connectivity index (χ1n) is 13.6. The number of phenols is 1. The van der Waals surface area contributed by atoms with Gasteiger partial charge in [-0.15, -0.1) is 0 Å². The standard InChI is InChI=1S/C30H27N5O7S/c36-21-10-8-19(9-11-21)16-24(32-29(38)23-7-1-4-20-5-2-13-31-27(20)23)30(39)34-15-12-25-28(34)26(37)18-35(25)43(41,42)22-6-3-14-33(40)17-22/h1-11,13-14,17,24-25,28,36H,12,15-16,18H2,(H,32,38). The highest BCUT2D eigenvalue weighted by Gasteiger charge is 2.54. The van der Waals surface area contributed by atoms with Crippen LogP contribution in [0.4, 0.5) is 0 Å². The van der Waals surface area contributed by atoms with Crippen molar-refractivity contribution in [1.29, 1.82) is 0 Å². The zero-order valence-electron chi connectivity index (χ0n) is 22.7. The number of hydrogen-bond donors (Lipinski definition) is 2. The topological polar surface area (TPSA) is 164 Å². The Morgan fingerprint density at radius 3 is 2.63 bits per heavy atom. The van der Waals surface area contributed by atoms with Gasteiger partial charge in [-0.1, -0.05) is 30.3 Å². The smallest absolute Gasteiger partial charge is 0.254 e. The lowest BCUT2D eigenvalue weighted by Gasteiger charge is -2.28. The van der Waals surface area contributed by atoms with E-state index < -0.39 is 52.3 Å². The number of hydrogen-bond acceptors (Lipinski definition) is 8. The molecule has 12 nitrogen and oxygen atoms in total. The fourth-order valence-electron chi connectivity index (χ4n) is 5.85. The SMILES string of the molecule is O=C(NC(Cc1ccc(O)cc1)C(=O)N1CCC2C1C(=O)CN2S(=O)(=O)c1ccc[n+]([O-])c1)c1cccc2cccnc12. The Bertz CT molecular complexity index is 1840. The molecule has 0 bridgehead atoms. The molecule has 0 saturated carbocycles. The molecular formula is C30H27N5O7S. The Labute approximate surface area is 246 Å². The maximum atomic E-state index is 14.1. The van der Waals surface area contributed by atoms with Crippen molar-refractivity contribution in [3.05, 3.63) is 102 Å². The number of amides is 2. The molecule has 220 valence electrons. The van der Waals surface area contributed by atoms with Crippen LogP contribution in [0.1, 0.15) is 22.3 Å². The van der Waals surface area contributed by atoms with Gasteiger partial charge in [0.25, 0.3) is 5.91 Å². The number of likely N-dealkylation sites (tertiary alicyclic amines) is 1. The Hall–Kier alpha value is -4.88. The number of aromatic nitrogens is 2. The fourth-order valence-corrected chi connectivity index (χ4v) is 7.49. The number of aromatic hydroxyl groups is 1. The molecule has 0 radical (unpaired) electrons. The summed E-state index contributed by atoms with van der Waals surface area (Å²) in [6, 6.07) is 14.5. The van der Waals surface area contributed by atoms with Crippen LogP contribution in [-0.2, 0) is 26.0 Å². The molecule has 2 aromatic heterocycles. The second-order valence-electron chi connectivity index (χ2n) is 10.5. The Morgan fingerprint density at radius 1 is 1.09 bits per heavy atom. The maximum Gasteiger partial charge on any atom is 0.254 e. The number of benzene rings is 2. The molecular weight excluding hydrogens is 574 g/mol. The third-order valence-corrected chi connectivity index (χ3v) is 9.73. The number of rotatable bonds is 7. The number of phenolic OH excluding ortho intramolecular Hbond substituents is 1. The van der Waals surface area contributed by atoms with Gasteiger partial charge in [0, 0.05) is 30.6 Å². The third kappa shape index (κ3) is 5.28. The number of nitrogens with zero attached hydrogens (tertiary/aromatic N) is 4. The van der Waals surface area contributed by atoms with Crippen molar-refractivity contribution in [3.63, 3.8) is 0 Å². The van der Waals surface area contributed by atoms with Crippen LogP contribution in [0, 0.1) is 5.21 Å². The van der Waals surface area contributed by atoms with Gasteiger partial charge >= 0.3 is 0 Å². The zero-order chi connectivity index (χ0) is 30.3. The van der Waals surface area contributed by atoms with E-state index in [0.717, 1.165) is 22.1 Å². The Kier molecular flexibility index (Phi) is 7.28. The summed E-state index contributed by atoms with van der Waals surface area (Å²) >= 11 is 0. The van der Waals surface area contributed by atoms with E-state index in [1.54, 1.807) is 36.5 Å². The molecule has 4 heterocycles. The first kappa shape index (κ1) is 28.2. The molecule has 0 aliphatic carbocycles. The van der Waals surface area contributed by atoms with E-state index in [4.69, 9.17) is 0 Å². The average molecular weight is 602 g/mol. The summed E-state index contributed by atoms with van der Waals surface area (Å²) in [5, 5.41) is 25.0. The molecule has 0 spiro atoms. The van der Waals surface area contributed by atoms with E-state index in [0.29, 0.717) is 15.8 Å². The van der Waals surface area contributed by atoms with Crippen molar-refractivity contribution >= 4 is 38.5 Å². The Morgan fingerprint density at radius 2 is 1.86 bits per heavy atom. The summed E-state index contributed by atoms with van der Waals surface area (Å²) in [6.45, 7) is -0.341. The first-order valence-corrected chi connectivity index (χ1v) is 15.0. The van der Waals surface area contributed by atoms with E-state index >= 15 is 0 Å². The average Bonchev–Trinajstić information content (AvgIpc) is 3.58. The van der Waals surface area contributed by atoms with Crippen molar-refractivity contribution in [2.45, 2.75) is 35.9 Å². The number of carbonyl (C=O) groups is 3. The molecule has 2 aliphatic heterocycles. The molecule has 3 atom stereocenters. The van der Waals surface area contributed by atoms with E-state index in [9.17, 15) is 33.1 Å². The van der Waals surface area contributed by atoms with Gasteiger partial charge in [0.2, 0.25) is 15.9 Å². The molecule has 2 aromatic carbocycles. The molecule has 2 aliphatic rings. The van der Waals surface area contributed by atoms with E-state index in [1.165, 1.54) is 29.2 Å². The predicted octanol–water partition coefficient (Wildman–Crippen LogP) is 1.16. The normalized spacial score (nSPS) is 19.3. The number of carbonyl (C=O) groups excluding carboxylic acids is 3. The first-order chi connectivity index (χ1) is 20.6. The van der Waals surface area contributed by atoms with Gasteiger partial charge in [-0.3, -0.25) is 19.4 Å². The van der Waals surface area contributed by atoms with Crippen molar-refractivity contribution < 1.29 is 32.6 Å². The number of pyridine rings is 2. The quantitative estimate of drug-likeness (QED) is 0.235. The highest BCUT2D eigenvalue weighted by Crippen LogP contribution is 2.34. The number of Topliss-reactive ketones (excluding diaryl/α,β-unsaturated/α-hetero) is 1. The van der Waals surface area contributed by atoms with Gasteiger partial charge in [0.1, 0.15) is 22.7 Å². The van der Waals surface area contributed by atoms with Crippen molar-refractivity contribution in [3.8, 4) is 5.75 Å². The number of nitrogens with one attached hydrogen (secondary N) is 1. The second kappa shape index (κ2) is 11.1. The summed E-state index contributed by atoms with van der Waals surface area (Å²) < 4.78 is 28.2. The maximum absolute atomic E-state index is 14.1. The molecule has 4 aromatic rings. The van der Waals surface area contributed by atoms with Crippen LogP contribution in [0.2, 0.25) is 0 Å². The minimum atomic E-state index is -4.19. The third-order valence-electron chi connectivity index (χ3n) is 7.87. The summed E-state index contributed by atoms with van der Waals surface area (Å²) in [7, 11) is -4.19. The van der Waals surface area contributed by atoms with Crippen LogP contribution in [0.25, 0.3) is 10.9 Å². The van der Waals surface area contributed by atoms with Crippen LogP contribution in [0.3, 0.4) is 0 Å². The lowest BCUT2D eigenvalue weighted by molar-refractivity contribution is -0.607. The van der Waals surface area contributed by atoms with E-state index in [-0.39, 0.29) is 35.6 Å². The highest BCUT2D eigenvalue weighted by atomic mass is 32.2. The molecule has 43 heavy (non-hydrogen) atoms. The highest BCUT2D eigenvalue weighted by molar-refractivity contribution is 7.89. The summed E-state index contributed by atoms with van der Waals surface area (Å²) in [6.07, 6.45) is 3.92. The van der Waals surface area contributed by atoms with Crippen molar-refractivity contribution in [2.24, 2.45) is 0 Å². The molecule has 13 heteroatoms. The van der Waals surface area contributed by atoms with E-state index in [2.05, 4.69) is 10.3 Å².